The predicted octanol–water partition coefficient (Wildman–Crippen LogP) is 4.16. The van der Waals surface area contributed by atoms with Crippen LogP contribution in [-0.2, 0) is 33.1 Å². The fourth-order valence-corrected chi connectivity index (χ4v) is 5.56. The number of nitrogens with zero attached hydrogens (tertiary/aromatic N) is 2. The van der Waals surface area contributed by atoms with Gasteiger partial charge >= 0.3 is 0 Å². The fraction of sp³-hybridized carbons (Fsp3) is 0.458. The summed E-state index contributed by atoms with van der Waals surface area (Å²) >= 11 is 6.59. The Hall–Kier alpha value is -2.65. The number of sulfone groups is 1. The second-order valence-corrected chi connectivity index (χ2v) is 11.3. The van der Waals surface area contributed by atoms with Gasteiger partial charge in [-0.15, -0.1) is 0 Å². The molecule has 1 aromatic carbocycles. The molecule has 0 radical (unpaired) electrons. The molecule has 2 aliphatic rings. The molecule has 1 N–H and O–H groups in total. The zero-order chi connectivity index (χ0) is 24.8. The summed E-state index contributed by atoms with van der Waals surface area (Å²) in [5, 5.41) is 15.3. The molecule has 2 saturated carbocycles. The third kappa shape index (κ3) is 4.63. The summed E-state index contributed by atoms with van der Waals surface area (Å²) in [5.41, 5.74) is 0.790. The van der Waals surface area contributed by atoms with E-state index in [1.165, 1.54) is 12.1 Å². The summed E-state index contributed by atoms with van der Waals surface area (Å²) in [6.07, 6.45) is 4.35. The number of carbonyl (C=O) groups is 2. The summed E-state index contributed by atoms with van der Waals surface area (Å²) in [7, 11) is -1.96. The van der Waals surface area contributed by atoms with Crippen molar-refractivity contribution in [3.63, 3.8) is 0 Å². The van der Waals surface area contributed by atoms with E-state index in [9.17, 15) is 23.1 Å². The van der Waals surface area contributed by atoms with Gasteiger partial charge in [0.2, 0.25) is 5.88 Å². The quantitative estimate of drug-likeness (QED) is 0.340. The molecule has 2 aliphatic carbocycles. The Morgan fingerprint density at radius 3 is 2.59 bits per heavy atom. The molecule has 0 spiro atoms. The van der Waals surface area contributed by atoms with Crippen molar-refractivity contribution in [1.82, 2.24) is 9.78 Å². The number of hydrogen-bond donors (Lipinski definition) is 1. The van der Waals surface area contributed by atoms with Crippen molar-refractivity contribution in [1.29, 1.82) is 0 Å². The first-order chi connectivity index (χ1) is 16.0. The van der Waals surface area contributed by atoms with Crippen LogP contribution in [0.3, 0.4) is 0 Å². The van der Waals surface area contributed by atoms with E-state index in [0.29, 0.717) is 24.6 Å². The van der Waals surface area contributed by atoms with Crippen molar-refractivity contribution < 1.29 is 27.9 Å². The molecule has 0 bridgehead atoms. The normalized spacial score (nSPS) is 20.5. The van der Waals surface area contributed by atoms with Gasteiger partial charge in [-0.05, 0) is 37.8 Å². The van der Waals surface area contributed by atoms with Gasteiger partial charge in [-0.1, -0.05) is 18.5 Å². The second kappa shape index (κ2) is 9.19. The summed E-state index contributed by atoms with van der Waals surface area (Å²) < 4.78 is 32.3. The molecule has 2 aromatic rings. The van der Waals surface area contributed by atoms with Crippen LogP contribution in [0.4, 0.5) is 0 Å². The number of Topliss-reactive ketones (excluding diaryl/α,β-unsaturated/α-hetero) is 2. The SMILES string of the molecule is CCC1CCC(=O)C(=C(O)c2ccc(S(C)(=O)=O)c(COc3cc(C4CC4)nn3C)c2Cl)C1=O. The van der Waals surface area contributed by atoms with Crippen LogP contribution in [0.25, 0.3) is 5.76 Å². The number of benzene rings is 1. The zero-order valence-electron chi connectivity index (χ0n) is 19.3. The van der Waals surface area contributed by atoms with Crippen molar-refractivity contribution >= 4 is 38.8 Å². The van der Waals surface area contributed by atoms with E-state index < -0.39 is 27.2 Å². The number of aryl methyl sites for hydroxylation is 1. The molecule has 34 heavy (non-hydrogen) atoms. The van der Waals surface area contributed by atoms with Gasteiger partial charge in [0, 0.05) is 48.8 Å². The highest BCUT2D eigenvalue weighted by Gasteiger charge is 2.35. The monoisotopic (exact) mass is 506 g/mol. The minimum atomic E-state index is -3.69. The Morgan fingerprint density at radius 1 is 1.26 bits per heavy atom. The smallest absolute Gasteiger partial charge is 0.212 e. The van der Waals surface area contributed by atoms with Crippen LogP contribution in [0, 0.1) is 5.92 Å². The largest absolute Gasteiger partial charge is 0.506 e. The number of allylic oxidation sites excluding steroid dienone is 1. The molecule has 0 amide bonds. The Labute approximate surface area is 203 Å². The minimum absolute atomic E-state index is 0.0183. The number of ketones is 2. The molecule has 1 aromatic heterocycles. The topological polar surface area (TPSA) is 116 Å². The second-order valence-electron chi connectivity index (χ2n) is 8.92. The van der Waals surface area contributed by atoms with Gasteiger partial charge in [-0.3, -0.25) is 9.59 Å². The van der Waals surface area contributed by atoms with Gasteiger partial charge in [-0.2, -0.15) is 5.10 Å². The van der Waals surface area contributed by atoms with Crippen LogP contribution < -0.4 is 4.74 Å². The Bertz CT molecular complexity index is 1310. The highest BCUT2D eigenvalue weighted by molar-refractivity contribution is 7.90. The minimum Gasteiger partial charge on any atom is -0.506 e. The number of halogens is 1. The van der Waals surface area contributed by atoms with E-state index in [-0.39, 0.29) is 45.6 Å². The van der Waals surface area contributed by atoms with Gasteiger partial charge in [0.05, 0.1) is 15.6 Å². The van der Waals surface area contributed by atoms with E-state index in [1.807, 2.05) is 13.0 Å². The Balaban J connectivity index is 1.75. The lowest BCUT2D eigenvalue weighted by atomic mass is 9.80. The van der Waals surface area contributed by atoms with Gasteiger partial charge < -0.3 is 9.84 Å². The summed E-state index contributed by atoms with van der Waals surface area (Å²) in [6.45, 7) is 1.64. The number of ether oxygens (including phenoxy) is 1. The molecule has 0 saturated heterocycles. The van der Waals surface area contributed by atoms with Crippen LogP contribution >= 0.6 is 11.6 Å². The van der Waals surface area contributed by atoms with Crippen molar-refractivity contribution in [3.05, 3.63) is 45.6 Å². The highest BCUT2D eigenvalue weighted by atomic mass is 35.5. The number of carbonyl (C=O) groups excluding carboxylic acids is 2. The maximum atomic E-state index is 12.8. The number of rotatable bonds is 7. The maximum absolute atomic E-state index is 12.8. The Kier molecular flexibility index (Phi) is 6.61. The third-order valence-electron chi connectivity index (χ3n) is 6.42. The standard InChI is InChI=1S/C24H27ClN2O6S/c1-4-13-7-9-18(28)21(23(13)29)24(30)15-8-10-19(34(3,31)32)16(22(15)25)12-33-20-11-17(14-5-6-14)26-27(20)2/h8,10-11,13-14,30H,4-7,9,12H2,1-3H3. The van der Waals surface area contributed by atoms with E-state index in [4.69, 9.17) is 16.3 Å². The fourth-order valence-electron chi connectivity index (χ4n) is 4.28. The third-order valence-corrected chi connectivity index (χ3v) is 8.03. The van der Waals surface area contributed by atoms with Gasteiger partial charge in [0.25, 0.3) is 0 Å². The van der Waals surface area contributed by atoms with Crippen molar-refractivity contribution in [3.8, 4) is 5.88 Å². The predicted molar refractivity (Wildman–Crippen MR) is 127 cm³/mol. The lowest BCUT2D eigenvalue weighted by Crippen LogP contribution is -2.28. The number of aromatic nitrogens is 2. The number of aliphatic hydroxyl groups is 1. The number of hydrogen-bond acceptors (Lipinski definition) is 7. The van der Waals surface area contributed by atoms with Crippen molar-refractivity contribution in [2.24, 2.45) is 13.0 Å². The van der Waals surface area contributed by atoms with E-state index >= 15 is 0 Å². The molecular formula is C24H27ClN2O6S. The van der Waals surface area contributed by atoms with E-state index in [1.54, 1.807) is 11.7 Å². The Morgan fingerprint density at radius 2 is 1.97 bits per heavy atom. The number of aliphatic hydroxyl groups excluding tert-OH is 1. The van der Waals surface area contributed by atoms with Gasteiger partial charge in [0.1, 0.15) is 17.9 Å². The molecule has 10 heteroatoms. The highest BCUT2D eigenvalue weighted by Crippen LogP contribution is 2.41. The van der Waals surface area contributed by atoms with E-state index in [0.717, 1.165) is 24.8 Å². The lowest BCUT2D eigenvalue weighted by Gasteiger charge is -2.22. The molecule has 4 rings (SSSR count). The molecule has 1 unspecified atom stereocenters. The first-order valence-corrected chi connectivity index (χ1v) is 13.5. The first kappa shape index (κ1) is 24.5. The van der Waals surface area contributed by atoms with Crippen LogP contribution in [0.1, 0.15) is 61.8 Å². The molecule has 8 nitrogen and oxygen atoms in total. The van der Waals surface area contributed by atoms with Gasteiger partial charge in [0.15, 0.2) is 21.4 Å². The van der Waals surface area contributed by atoms with Crippen LogP contribution in [0.2, 0.25) is 5.02 Å². The molecule has 182 valence electrons. The average molecular weight is 507 g/mol. The van der Waals surface area contributed by atoms with Gasteiger partial charge in [-0.25, -0.2) is 13.1 Å². The summed E-state index contributed by atoms with van der Waals surface area (Å²) in [4.78, 5) is 25.2. The molecule has 1 atom stereocenters. The zero-order valence-corrected chi connectivity index (χ0v) is 20.9. The summed E-state index contributed by atoms with van der Waals surface area (Å²) in [5.74, 6) is -0.874. The average Bonchev–Trinajstić information content (AvgIpc) is 3.55. The maximum Gasteiger partial charge on any atom is 0.212 e. The van der Waals surface area contributed by atoms with Crippen LogP contribution in [-0.4, -0.2) is 41.1 Å². The molecule has 2 fully saturated rings. The van der Waals surface area contributed by atoms with Crippen molar-refractivity contribution in [2.75, 3.05) is 6.26 Å². The van der Waals surface area contributed by atoms with Crippen molar-refractivity contribution in [2.45, 2.75) is 56.4 Å². The first-order valence-electron chi connectivity index (χ1n) is 11.2. The molecule has 1 heterocycles. The molecule has 0 aliphatic heterocycles. The van der Waals surface area contributed by atoms with E-state index in [2.05, 4.69) is 5.10 Å². The van der Waals surface area contributed by atoms with Crippen LogP contribution in [0.15, 0.2) is 28.7 Å². The lowest BCUT2D eigenvalue weighted by molar-refractivity contribution is -0.126. The van der Waals surface area contributed by atoms with Crippen LogP contribution in [0.5, 0.6) is 5.88 Å². The molecular weight excluding hydrogens is 480 g/mol. The summed E-state index contributed by atoms with van der Waals surface area (Å²) in [6, 6.07) is 4.44.